The summed E-state index contributed by atoms with van der Waals surface area (Å²) in [6.45, 7) is 0.220. The first-order valence-electron chi connectivity index (χ1n) is 4.08. The predicted octanol–water partition coefficient (Wildman–Crippen LogP) is 1.90. The van der Waals surface area contributed by atoms with Gasteiger partial charge in [0, 0.05) is 6.61 Å². The Kier molecular flexibility index (Phi) is 3.13. The highest BCUT2D eigenvalue weighted by Crippen LogP contribution is 2.28. The Balaban J connectivity index is 2.18. The van der Waals surface area contributed by atoms with Crippen molar-refractivity contribution in [3.63, 3.8) is 0 Å². The minimum Gasteiger partial charge on any atom is -0.396 e. The van der Waals surface area contributed by atoms with E-state index in [0.717, 1.165) is 25.7 Å². The predicted molar refractivity (Wildman–Crippen MR) is 38.6 cm³/mol. The van der Waals surface area contributed by atoms with Gasteiger partial charge in [0.25, 0.3) is 0 Å². The molecule has 60 valence electrons. The van der Waals surface area contributed by atoms with Crippen LogP contribution in [-0.4, -0.2) is 17.9 Å². The molecule has 1 fully saturated rings. The highest BCUT2D eigenvalue weighted by atomic mass is 19.1. The summed E-state index contributed by atoms with van der Waals surface area (Å²) in [5, 5.41) is 8.58. The van der Waals surface area contributed by atoms with Gasteiger partial charge in [0.2, 0.25) is 0 Å². The largest absolute Gasteiger partial charge is 0.396 e. The van der Waals surface area contributed by atoms with E-state index < -0.39 is 6.17 Å². The molecular formula is C8H15FO. The molecule has 1 N–H and O–H groups in total. The Labute approximate surface area is 61.2 Å². The van der Waals surface area contributed by atoms with Crippen molar-refractivity contribution in [1.29, 1.82) is 0 Å². The molecule has 1 aliphatic carbocycles. The molecule has 0 aromatic rings. The zero-order valence-corrected chi connectivity index (χ0v) is 6.22. The molecule has 0 unspecified atom stereocenters. The van der Waals surface area contributed by atoms with Crippen molar-refractivity contribution in [2.45, 2.75) is 38.3 Å². The summed E-state index contributed by atoms with van der Waals surface area (Å²) >= 11 is 0. The fourth-order valence-electron chi connectivity index (χ4n) is 1.67. The molecule has 0 spiro atoms. The average molecular weight is 146 g/mol. The van der Waals surface area contributed by atoms with E-state index in [0.29, 0.717) is 12.3 Å². The maximum absolute atomic E-state index is 12.7. The Morgan fingerprint density at radius 3 is 2.80 bits per heavy atom. The summed E-state index contributed by atoms with van der Waals surface area (Å²) in [4.78, 5) is 0. The molecule has 2 heteroatoms. The van der Waals surface area contributed by atoms with Crippen molar-refractivity contribution < 1.29 is 9.50 Å². The van der Waals surface area contributed by atoms with Crippen molar-refractivity contribution in [3.05, 3.63) is 0 Å². The molecule has 0 amide bonds. The molecule has 10 heavy (non-hydrogen) atoms. The molecule has 0 radical (unpaired) electrons. The molecule has 1 nitrogen and oxygen atoms in total. The Bertz CT molecular complexity index is 93.3. The molecule has 1 saturated carbocycles. The van der Waals surface area contributed by atoms with E-state index in [2.05, 4.69) is 0 Å². The van der Waals surface area contributed by atoms with Gasteiger partial charge < -0.3 is 5.11 Å². The molecule has 0 saturated heterocycles. The van der Waals surface area contributed by atoms with Gasteiger partial charge in [-0.3, -0.25) is 0 Å². The van der Waals surface area contributed by atoms with Crippen molar-refractivity contribution in [3.8, 4) is 0 Å². The number of hydrogen-bond acceptors (Lipinski definition) is 1. The Morgan fingerprint density at radius 2 is 2.20 bits per heavy atom. The fourth-order valence-corrected chi connectivity index (χ4v) is 1.67. The number of alkyl halides is 1. The second-order valence-corrected chi connectivity index (χ2v) is 3.14. The molecule has 0 heterocycles. The van der Waals surface area contributed by atoms with E-state index in [-0.39, 0.29) is 6.61 Å². The van der Waals surface area contributed by atoms with Crippen molar-refractivity contribution in [2.75, 3.05) is 6.61 Å². The van der Waals surface area contributed by atoms with Gasteiger partial charge in [-0.15, -0.1) is 0 Å². The van der Waals surface area contributed by atoms with E-state index in [9.17, 15) is 4.39 Å². The third kappa shape index (κ3) is 2.25. The molecule has 0 bridgehead atoms. The van der Waals surface area contributed by atoms with Gasteiger partial charge in [-0.2, -0.15) is 0 Å². The molecule has 1 aliphatic rings. The van der Waals surface area contributed by atoms with E-state index in [1.165, 1.54) is 0 Å². The van der Waals surface area contributed by atoms with Gasteiger partial charge in [-0.25, -0.2) is 4.39 Å². The van der Waals surface area contributed by atoms with Crippen LogP contribution in [0.1, 0.15) is 32.1 Å². The number of hydrogen-bond donors (Lipinski definition) is 1. The van der Waals surface area contributed by atoms with Gasteiger partial charge in [0.05, 0.1) is 0 Å². The lowest BCUT2D eigenvalue weighted by molar-refractivity contribution is 0.166. The highest BCUT2D eigenvalue weighted by Gasteiger charge is 2.20. The smallest absolute Gasteiger partial charge is 0.100 e. The first-order chi connectivity index (χ1) is 4.83. The van der Waals surface area contributed by atoms with Crippen LogP contribution in [0.25, 0.3) is 0 Å². The van der Waals surface area contributed by atoms with Crippen LogP contribution in [0.2, 0.25) is 0 Å². The van der Waals surface area contributed by atoms with Gasteiger partial charge >= 0.3 is 0 Å². The minimum absolute atomic E-state index is 0.220. The SMILES string of the molecule is OCC[C@H]1CCC[C@@H](F)C1. The van der Waals surface area contributed by atoms with Crippen LogP contribution >= 0.6 is 0 Å². The summed E-state index contributed by atoms with van der Waals surface area (Å²) in [5.41, 5.74) is 0. The zero-order valence-electron chi connectivity index (χ0n) is 6.22. The zero-order chi connectivity index (χ0) is 7.40. The number of halogens is 1. The summed E-state index contributed by atoms with van der Waals surface area (Å²) in [6.07, 6.45) is 3.74. The molecular weight excluding hydrogens is 131 g/mol. The van der Waals surface area contributed by atoms with E-state index in [4.69, 9.17) is 5.11 Å². The van der Waals surface area contributed by atoms with Gasteiger partial charge in [0.1, 0.15) is 6.17 Å². The first-order valence-corrected chi connectivity index (χ1v) is 4.08. The second-order valence-electron chi connectivity index (χ2n) is 3.14. The summed E-state index contributed by atoms with van der Waals surface area (Å²) in [7, 11) is 0. The lowest BCUT2D eigenvalue weighted by Gasteiger charge is -2.23. The standard InChI is InChI=1S/C8H15FO/c9-8-3-1-2-7(6-8)4-5-10/h7-8,10H,1-6H2/t7-,8-/m1/s1. The van der Waals surface area contributed by atoms with E-state index in [1.54, 1.807) is 0 Å². The van der Waals surface area contributed by atoms with Crippen LogP contribution < -0.4 is 0 Å². The van der Waals surface area contributed by atoms with E-state index >= 15 is 0 Å². The van der Waals surface area contributed by atoms with Gasteiger partial charge in [0.15, 0.2) is 0 Å². The Morgan fingerprint density at radius 1 is 1.40 bits per heavy atom. The first kappa shape index (κ1) is 7.99. The van der Waals surface area contributed by atoms with Gasteiger partial charge in [-0.1, -0.05) is 12.8 Å². The molecule has 0 aromatic heterocycles. The molecule has 0 aromatic carbocycles. The third-order valence-corrected chi connectivity index (χ3v) is 2.26. The average Bonchev–Trinajstić information content (AvgIpc) is 1.88. The molecule has 2 atom stereocenters. The fraction of sp³-hybridized carbons (Fsp3) is 1.00. The topological polar surface area (TPSA) is 20.2 Å². The van der Waals surface area contributed by atoms with Crippen LogP contribution in [0.15, 0.2) is 0 Å². The number of aliphatic hydroxyl groups is 1. The van der Waals surface area contributed by atoms with Crippen LogP contribution in [0.5, 0.6) is 0 Å². The van der Waals surface area contributed by atoms with Crippen molar-refractivity contribution in [1.82, 2.24) is 0 Å². The van der Waals surface area contributed by atoms with Crippen LogP contribution in [-0.2, 0) is 0 Å². The normalized spacial score (nSPS) is 34.2. The van der Waals surface area contributed by atoms with Gasteiger partial charge in [-0.05, 0) is 25.2 Å². The number of aliphatic hydroxyl groups excluding tert-OH is 1. The van der Waals surface area contributed by atoms with Crippen LogP contribution in [0, 0.1) is 5.92 Å². The molecule has 0 aliphatic heterocycles. The van der Waals surface area contributed by atoms with Crippen molar-refractivity contribution >= 4 is 0 Å². The summed E-state index contributed by atoms with van der Waals surface area (Å²) in [5.74, 6) is 0.453. The van der Waals surface area contributed by atoms with Crippen LogP contribution in [0.4, 0.5) is 4.39 Å². The quantitative estimate of drug-likeness (QED) is 0.630. The second kappa shape index (κ2) is 3.91. The Hall–Kier alpha value is -0.110. The minimum atomic E-state index is -0.592. The maximum Gasteiger partial charge on any atom is 0.100 e. The summed E-state index contributed by atoms with van der Waals surface area (Å²) in [6, 6.07) is 0. The number of rotatable bonds is 2. The summed E-state index contributed by atoms with van der Waals surface area (Å²) < 4.78 is 12.7. The lowest BCUT2D eigenvalue weighted by Crippen LogP contribution is -2.16. The third-order valence-electron chi connectivity index (χ3n) is 2.26. The van der Waals surface area contributed by atoms with Crippen molar-refractivity contribution in [2.24, 2.45) is 5.92 Å². The lowest BCUT2D eigenvalue weighted by atomic mass is 9.86. The monoisotopic (exact) mass is 146 g/mol. The highest BCUT2D eigenvalue weighted by molar-refractivity contribution is 4.71. The van der Waals surface area contributed by atoms with Crippen LogP contribution in [0.3, 0.4) is 0 Å². The van der Waals surface area contributed by atoms with E-state index in [1.807, 2.05) is 0 Å². The molecule has 1 rings (SSSR count). The maximum atomic E-state index is 12.7.